The van der Waals surface area contributed by atoms with Crippen LogP contribution < -0.4 is 5.32 Å². The lowest BCUT2D eigenvalue weighted by molar-refractivity contribution is 0.617. The lowest BCUT2D eigenvalue weighted by Crippen LogP contribution is -2.21. The molecule has 0 spiro atoms. The van der Waals surface area contributed by atoms with Crippen molar-refractivity contribution in [2.24, 2.45) is 0 Å². The first kappa shape index (κ1) is 8.73. The van der Waals surface area contributed by atoms with Crippen LogP contribution in [-0.4, -0.2) is 17.0 Å². The molecule has 1 fully saturated rings. The van der Waals surface area contributed by atoms with E-state index in [9.17, 15) is 0 Å². The molecule has 0 heterocycles. The molecule has 2 nitrogen and oxygen atoms in total. The Balaban J connectivity index is 2.19. The van der Waals surface area contributed by atoms with E-state index in [1.807, 2.05) is 18.0 Å². The molecule has 0 amide bonds. The topological polar surface area (TPSA) is 35.8 Å². The molecule has 11 heavy (non-hydrogen) atoms. The van der Waals surface area contributed by atoms with Crippen LogP contribution in [0.1, 0.15) is 26.2 Å². The van der Waals surface area contributed by atoms with Gasteiger partial charge in [-0.2, -0.15) is 17.0 Å². The number of nitriles is 1. The zero-order valence-electron chi connectivity index (χ0n) is 6.84. The Hall–Kier alpha value is -0.360. The second kappa shape index (κ2) is 4.50. The zero-order chi connectivity index (χ0) is 8.10. The lowest BCUT2D eigenvalue weighted by atomic mass is 10.3. The van der Waals surface area contributed by atoms with Gasteiger partial charge in [0.2, 0.25) is 0 Å². The van der Waals surface area contributed by atoms with Gasteiger partial charge in [0.15, 0.2) is 6.19 Å². The van der Waals surface area contributed by atoms with Crippen LogP contribution in [0.5, 0.6) is 0 Å². The molecule has 0 aromatic heterocycles. The Morgan fingerprint density at radius 3 is 3.09 bits per heavy atom. The highest BCUT2D eigenvalue weighted by Crippen LogP contribution is 2.29. The summed E-state index contributed by atoms with van der Waals surface area (Å²) < 4.78 is 0. The van der Waals surface area contributed by atoms with E-state index in [4.69, 9.17) is 5.26 Å². The van der Waals surface area contributed by atoms with Gasteiger partial charge in [0, 0.05) is 11.3 Å². The van der Waals surface area contributed by atoms with E-state index in [2.05, 4.69) is 12.2 Å². The molecule has 1 rings (SSSR count). The summed E-state index contributed by atoms with van der Waals surface area (Å²) in [6.45, 7) is 2.19. The molecule has 2 unspecified atom stereocenters. The summed E-state index contributed by atoms with van der Waals surface area (Å²) in [5.41, 5.74) is 0. The SMILES string of the molecule is CCSC1CCC(NC#N)C1. The summed E-state index contributed by atoms with van der Waals surface area (Å²) in [5, 5.41) is 12.0. The molecule has 0 aromatic carbocycles. The van der Waals surface area contributed by atoms with Gasteiger partial charge in [0.25, 0.3) is 0 Å². The minimum absolute atomic E-state index is 0.462. The molecule has 3 heteroatoms. The zero-order valence-corrected chi connectivity index (χ0v) is 7.66. The minimum atomic E-state index is 0.462. The van der Waals surface area contributed by atoms with Crippen molar-refractivity contribution in [3.8, 4) is 6.19 Å². The van der Waals surface area contributed by atoms with Crippen molar-refractivity contribution in [3.63, 3.8) is 0 Å². The molecule has 0 aromatic rings. The van der Waals surface area contributed by atoms with Crippen LogP contribution in [0.4, 0.5) is 0 Å². The number of nitrogens with one attached hydrogen (secondary N) is 1. The molecule has 1 saturated carbocycles. The first-order chi connectivity index (χ1) is 5.36. The van der Waals surface area contributed by atoms with Crippen molar-refractivity contribution in [2.45, 2.75) is 37.5 Å². The van der Waals surface area contributed by atoms with Gasteiger partial charge in [0.05, 0.1) is 0 Å². The standard InChI is InChI=1S/C8H14N2S/c1-2-11-8-4-3-7(5-8)10-6-9/h7-8,10H,2-5H2,1H3. The third-order valence-corrected chi connectivity index (χ3v) is 3.29. The maximum Gasteiger partial charge on any atom is 0.176 e. The molecule has 0 bridgehead atoms. The summed E-state index contributed by atoms with van der Waals surface area (Å²) in [6, 6.07) is 0.462. The van der Waals surface area contributed by atoms with Gasteiger partial charge < -0.3 is 5.32 Å². The maximum absolute atomic E-state index is 8.37. The van der Waals surface area contributed by atoms with E-state index in [0.29, 0.717) is 6.04 Å². The summed E-state index contributed by atoms with van der Waals surface area (Å²) in [4.78, 5) is 0. The highest BCUT2D eigenvalue weighted by atomic mass is 32.2. The van der Waals surface area contributed by atoms with E-state index in [1.54, 1.807) is 0 Å². The van der Waals surface area contributed by atoms with Crippen molar-refractivity contribution in [2.75, 3.05) is 5.75 Å². The fourth-order valence-corrected chi connectivity index (χ4v) is 2.69. The van der Waals surface area contributed by atoms with Crippen molar-refractivity contribution in [1.82, 2.24) is 5.32 Å². The van der Waals surface area contributed by atoms with Crippen molar-refractivity contribution < 1.29 is 0 Å². The van der Waals surface area contributed by atoms with Crippen molar-refractivity contribution >= 4 is 11.8 Å². The molecule has 1 N–H and O–H groups in total. The average Bonchev–Trinajstić information content (AvgIpc) is 2.38. The average molecular weight is 170 g/mol. The number of nitrogens with zero attached hydrogens (tertiary/aromatic N) is 1. The summed E-state index contributed by atoms with van der Waals surface area (Å²) in [7, 11) is 0. The Kier molecular flexibility index (Phi) is 3.58. The van der Waals surface area contributed by atoms with Gasteiger partial charge >= 0.3 is 0 Å². The Labute approximate surface area is 72.4 Å². The van der Waals surface area contributed by atoms with Crippen LogP contribution in [0.3, 0.4) is 0 Å². The minimum Gasteiger partial charge on any atom is -0.321 e. The molecule has 0 saturated heterocycles. The first-order valence-corrected chi connectivity index (χ1v) is 5.18. The van der Waals surface area contributed by atoms with Crippen LogP contribution in [0.15, 0.2) is 0 Å². The molecule has 62 valence electrons. The van der Waals surface area contributed by atoms with Crippen LogP contribution in [0.25, 0.3) is 0 Å². The molecule has 0 radical (unpaired) electrons. The predicted octanol–water partition coefficient (Wildman–Crippen LogP) is 1.73. The molecular weight excluding hydrogens is 156 g/mol. The van der Waals surface area contributed by atoms with E-state index in [1.165, 1.54) is 25.0 Å². The number of rotatable bonds is 3. The molecule has 0 aliphatic heterocycles. The van der Waals surface area contributed by atoms with E-state index < -0.39 is 0 Å². The largest absolute Gasteiger partial charge is 0.321 e. The lowest BCUT2D eigenvalue weighted by Gasteiger charge is -2.07. The third-order valence-electron chi connectivity index (χ3n) is 2.06. The Morgan fingerprint density at radius 1 is 1.64 bits per heavy atom. The quantitative estimate of drug-likeness (QED) is 0.517. The molecule has 2 atom stereocenters. The monoisotopic (exact) mass is 170 g/mol. The third kappa shape index (κ3) is 2.63. The summed E-state index contributed by atoms with van der Waals surface area (Å²) in [5.74, 6) is 1.20. The van der Waals surface area contributed by atoms with Crippen LogP contribution >= 0.6 is 11.8 Å². The maximum atomic E-state index is 8.37. The second-order valence-electron chi connectivity index (χ2n) is 2.84. The number of thioether (sulfide) groups is 1. The van der Waals surface area contributed by atoms with Gasteiger partial charge in [-0.25, -0.2) is 0 Å². The molecule has 1 aliphatic rings. The smallest absolute Gasteiger partial charge is 0.176 e. The highest BCUT2D eigenvalue weighted by molar-refractivity contribution is 7.99. The number of hydrogen-bond donors (Lipinski definition) is 1. The summed E-state index contributed by atoms with van der Waals surface area (Å²) in [6.07, 6.45) is 5.63. The van der Waals surface area contributed by atoms with Crippen LogP contribution in [-0.2, 0) is 0 Å². The van der Waals surface area contributed by atoms with E-state index in [-0.39, 0.29) is 0 Å². The predicted molar refractivity (Wildman–Crippen MR) is 48.3 cm³/mol. The molecule has 1 aliphatic carbocycles. The summed E-state index contributed by atoms with van der Waals surface area (Å²) >= 11 is 2.02. The van der Waals surface area contributed by atoms with E-state index in [0.717, 1.165) is 5.25 Å². The van der Waals surface area contributed by atoms with Crippen LogP contribution in [0.2, 0.25) is 0 Å². The normalized spacial score (nSPS) is 29.8. The van der Waals surface area contributed by atoms with Gasteiger partial charge in [0.1, 0.15) is 0 Å². The van der Waals surface area contributed by atoms with Gasteiger partial charge in [-0.15, -0.1) is 0 Å². The fraction of sp³-hybridized carbons (Fsp3) is 0.875. The van der Waals surface area contributed by atoms with Crippen LogP contribution in [0, 0.1) is 11.5 Å². The number of hydrogen-bond acceptors (Lipinski definition) is 3. The first-order valence-electron chi connectivity index (χ1n) is 4.13. The van der Waals surface area contributed by atoms with Crippen molar-refractivity contribution in [1.29, 1.82) is 5.26 Å². The van der Waals surface area contributed by atoms with Gasteiger partial charge in [-0.1, -0.05) is 6.92 Å². The second-order valence-corrected chi connectivity index (χ2v) is 4.42. The fourth-order valence-electron chi connectivity index (χ4n) is 1.55. The van der Waals surface area contributed by atoms with E-state index >= 15 is 0 Å². The van der Waals surface area contributed by atoms with Gasteiger partial charge in [-0.05, 0) is 25.0 Å². The molecular formula is C8H14N2S. The van der Waals surface area contributed by atoms with Crippen molar-refractivity contribution in [3.05, 3.63) is 0 Å². The van der Waals surface area contributed by atoms with Gasteiger partial charge in [-0.3, -0.25) is 0 Å². The Bertz CT molecular complexity index is 153. The Morgan fingerprint density at radius 2 is 2.45 bits per heavy atom. The highest BCUT2D eigenvalue weighted by Gasteiger charge is 2.23.